The largest absolute Gasteiger partial charge is 0.356 e. The Labute approximate surface area is 158 Å². The summed E-state index contributed by atoms with van der Waals surface area (Å²) in [6.45, 7) is 7.61. The highest BCUT2D eigenvalue weighted by Crippen LogP contribution is 2.18. The van der Waals surface area contributed by atoms with E-state index in [0.717, 1.165) is 45.2 Å². The number of rotatable bonds is 8. The second kappa shape index (κ2) is 11.7. The van der Waals surface area contributed by atoms with Gasteiger partial charge < -0.3 is 20.9 Å². The van der Waals surface area contributed by atoms with Crippen molar-refractivity contribution in [1.29, 1.82) is 0 Å². The van der Waals surface area contributed by atoms with Crippen LogP contribution in [0.5, 0.6) is 0 Å². The third-order valence-electron chi connectivity index (χ3n) is 5.24. The van der Waals surface area contributed by atoms with Crippen LogP contribution >= 0.6 is 12.4 Å². The van der Waals surface area contributed by atoms with Crippen molar-refractivity contribution in [3.63, 3.8) is 0 Å². The molecular weight excluding hydrogens is 340 g/mol. The molecule has 2 aliphatic rings. The van der Waals surface area contributed by atoms with Crippen LogP contribution in [0.25, 0.3) is 0 Å². The second-order valence-electron chi connectivity index (χ2n) is 7.19. The average Bonchev–Trinajstić information content (AvgIpc) is 3.11. The molecule has 0 aromatic heterocycles. The molecule has 2 fully saturated rings. The Balaban J connectivity index is 0.00000312. The number of amides is 2. The number of nitrogens with zero attached hydrogens (tertiary/aromatic N) is 2. The molecule has 25 heavy (non-hydrogen) atoms. The molecule has 0 saturated carbocycles. The minimum absolute atomic E-state index is 0. The molecule has 0 bridgehead atoms. The van der Waals surface area contributed by atoms with Crippen molar-refractivity contribution < 1.29 is 9.59 Å². The van der Waals surface area contributed by atoms with Gasteiger partial charge in [-0.3, -0.25) is 9.59 Å². The Morgan fingerprint density at radius 2 is 1.80 bits per heavy atom. The molecule has 2 rings (SSSR count). The second-order valence-corrected chi connectivity index (χ2v) is 7.19. The quantitative estimate of drug-likeness (QED) is 0.629. The van der Waals surface area contributed by atoms with Gasteiger partial charge in [0.05, 0.1) is 6.04 Å². The maximum Gasteiger partial charge on any atom is 0.239 e. The van der Waals surface area contributed by atoms with Crippen molar-refractivity contribution in [3.8, 4) is 0 Å². The fourth-order valence-corrected chi connectivity index (χ4v) is 3.70. The highest BCUT2D eigenvalue weighted by Gasteiger charge is 2.29. The van der Waals surface area contributed by atoms with Crippen LogP contribution < -0.4 is 11.1 Å². The summed E-state index contributed by atoms with van der Waals surface area (Å²) in [5, 5.41) is 3.07. The van der Waals surface area contributed by atoms with E-state index in [4.69, 9.17) is 5.73 Å². The molecule has 0 aliphatic carbocycles. The predicted octanol–water partition coefficient (Wildman–Crippen LogP) is 1.38. The molecule has 1 unspecified atom stereocenters. The van der Waals surface area contributed by atoms with Gasteiger partial charge in [0.15, 0.2) is 0 Å². The molecule has 0 spiro atoms. The summed E-state index contributed by atoms with van der Waals surface area (Å²) in [6.07, 6.45) is 6.80. The van der Waals surface area contributed by atoms with E-state index in [9.17, 15) is 9.59 Å². The zero-order chi connectivity index (χ0) is 17.4. The van der Waals surface area contributed by atoms with Crippen LogP contribution in [-0.2, 0) is 9.59 Å². The van der Waals surface area contributed by atoms with Crippen molar-refractivity contribution in [2.75, 3.05) is 39.3 Å². The maximum atomic E-state index is 12.3. The van der Waals surface area contributed by atoms with Crippen molar-refractivity contribution >= 4 is 24.2 Å². The third kappa shape index (κ3) is 7.12. The first-order chi connectivity index (χ1) is 11.6. The summed E-state index contributed by atoms with van der Waals surface area (Å²) >= 11 is 0. The van der Waals surface area contributed by atoms with Gasteiger partial charge in [0.25, 0.3) is 0 Å². The van der Waals surface area contributed by atoms with E-state index in [-0.39, 0.29) is 36.2 Å². The van der Waals surface area contributed by atoms with Gasteiger partial charge in [0.2, 0.25) is 11.8 Å². The Morgan fingerprint density at radius 1 is 1.16 bits per heavy atom. The zero-order valence-electron chi connectivity index (χ0n) is 15.5. The van der Waals surface area contributed by atoms with Gasteiger partial charge in [0.1, 0.15) is 0 Å². The molecule has 3 N–H and O–H groups in total. The Kier molecular flexibility index (Phi) is 10.4. The minimum atomic E-state index is -0.383. The van der Waals surface area contributed by atoms with Crippen LogP contribution in [0.1, 0.15) is 51.9 Å². The van der Waals surface area contributed by atoms with Crippen molar-refractivity contribution in [2.45, 2.75) is 57.9 Å². The van der Waals surface area contributed by atoms with E-state index in [1.165, 1.54) is 25.9 Å². The number of hydrogen-bond acceptors (Lipinski definition) is 4. The van der Waals surface area contributed by atoms with Crippen LogP contribution in [0.3, 0.4) is 0 Å². The molecule has 7 heteroatoms. The number of hydrogen-bond donors (Lipinski definition) is 2. The third-order valence-corrected chi connectivity index (χ3v) is 5.24. The standard InChI is InChI=1S/C18H34N4O2.ClH/c1-2-6-16(19)18(24)22-13-7-15(8-14-22)17(23)20-9-5-12-21-10-3-4-11-21;/h15-16H,2-14,19H2,1H3,(H,20,23);1H. The molecule has 1 atom stereocenters. The first-order valence-electron chi connectivity index (χ1n) is 9.66. The number of carbonyl (C=O) groups is 2. The van der Waals surface area contributed by atoms with Gasteiger partial charge in [-0.25, -0.2) is 0 Å². The maximum absolute atomic E-state index is 12.3. The lowest BCUT2D eigenvalue weighted by Gasteiger charge is -2.33. The molecule has 6 nitrogen and oxygen atoms in total. The van der Waals surface area contributed by atoms with Crippen LogP contribution in [0.2, 0.25) is 0 Å². The lowest BCUT2D eigenvalue weighted by Crippen LogP contribution is -2.49. The summed E-state index contributed by atoms with van der Waals surface area (Å²) in [7, 11) is 0. The molecule has 0 aromatic carbocycles. The monoisotopic (exact) mass is 374 g/mol. The molecule has 2 saturated heterocycles. The predicted molar refractivity (Wildman–Crippen MR) is 103 cm³/mol. The van der Waals surface area contributed by atoms with E-state index in [0.29, 0.717) is 13.1 Å². The molecular formula is C18H35ClN4O2. The van der Waals surface area contributed by atoms with Crippen molar-refractivity contribution in [1.82, 2.24) is 15.1 Å². The summed E-state index contributed by atoms with van der Waals surface area (Å²) in [5.74, 6) is 0.242. The van der Waals surface area contributed by atoms with Crippen LogP contribution in [0.15, 0.2) is 0 Å². The highest BCUT2D eigenvalue weighted by atomic mass is 35.5. The average molecular weight is 375 g/mol. The Hall–Kier alpha value is -0.850. The lowest BCUT2D eigenvalue weighted by molar-refractivity contribution is -0.136. The smallest absolute Gasteiger partial charge is 0.239 e. The zero-order valence-corrected chi connectivity index (χ0v) is 16.4. The summed E-state index contributed by atoms with van der Waals surface area (Å²) in [6, 6.07) is -0.383. The highest BCUT2D eigenvalue weighted by molar-refractivity contribution is 5.85. The van der Waals surface area contributed by atoms with Crippen molar-refractivity contribution in [2.24, 2.45) is 11.7 Å². The van der Waals surface area contributed by atoms with Crippen LogP contribution in [0, 0.1) is 5.92 Å². The van der Waals surface area contributed by atoms with Gasteiger partial charge in [0, 0.05) is 25.6 Å². The van der Waals surface area contributed by atoms with Gasteiger partial charge in [-0.1, -0.05) is 13.3 Å². The van der Waals surface area contributed by atoms with Gasteiger partial charge >= 0.3 is 0 Å². The first kappa shape index (κ1) is 22.2. The first-order valence-corrected chi connectivity index (χ1v) is 9.66. The van der Waals surface area contributed by atoms with Crippen molar-refractivity contribution in [3.05, 3.63) is 0 Å². The molecule has 0 aromatic rings. The lowest BCUT2D eigenvalue weighted by atomic mass is 9.95. The normalized spacial score (nSPS) is 20.2. The van der Waals surface area contributed by atoms with Crippen LogP contribution in [0.4, 0.5) is 0 Å². The molecule has 146 valence electrons. The van der Waals surface area contributed by atoms with E-state index < -0.39 is 0 Å². The molecule has 2 amide bonds. The van der Waals surface area contributed by atoms with Gasteiger partial charge in [-0.05, 0) is 58.2 Å². The number of nitrogens with one attached hydrogen (secondary N) is 1. The van der Waals surface area contributed by atoms with Gasteiger partial charge in [-0.2, -0.15) is 0 Å². The number of halogens is 1. The number of nitrogens with two attached hydrogens (primary N) is 1. The van der Waals surface area contributed by atoms with E-state index in [1.807, 2.05) is 11.8 Å². The number of carbonyl (C=O) groups excluding carboxylic acids is 2. The Bertz CT molecular complexity index is 408. The van der Waals surface area contributed by atoms with Gasteiger partial charge in [-0.15, -0.1) is 12.4 Å². The fraction of sp³-hybridized carbons (Fsp3) is 0.889. The number of piperidine rings is 1. The topological polar surface area (TPSA) is 78.7 Å². The summed E-state index contributed by atoms with van der Waals surface area (Å²) < 4.78 is 0. The van der Waals surface area contributed by atoms with E-state index in [1.54, 1.807) is 0 Å². The molecule has 2 aliphatic heterocycles. The van der Waals surface area contributed by atoms with Crippen LogP contribution in [-0.4, -0.2) is 66.9 Å². The summed E-state index contributed by atoms with van der Waals surface area (Å²) in [4.78, 5) is 28.8. The SMILES string of the molecule is CCCC(N)C(=O)N1CCC(C(=O)NCCCN2CCCC2)CC1.Cl. The van der Waals surface area contributed by atoms with E-state index in [2.05, 4.69) is 10.2 Å². The number of likely N-dealkylation sites (tertiary alicyclic amines) is 2. The fourth-order valence-electron chi connectivity index (χ4n) is 3.70. The summed E-state index contributed by atoms with van der Waals surface area (Å²) in [5.41, 5.74) is 5.91. The molecule has 2 heterocycles. The van der Waals surface area contributed by atoms with E-state index >= 15 is 0 Å². The molecule has 0 radical (unpaired) electrons. The minimum Gasteiger partial charge on any atom is -0.356 e. The Morgan fingerprint density at radius 3 is 2.40 bits per heavy atom.